The van der Waals surface area contributed by atoms with E-state index in [0.29, 0.717) is 18.8 Å². The highest BCUT2D eigenvalue weighted by atomic mass is 16.5. The van der Waals surface area contributed by atoms with E-state index in [1.807, 2.05) is 19.1 Å². The lowest BCUT2D eigenvalue weighted by Crippen LogP contribution is -2.30. The average Bonchev–Trinajstić information content (AvgIpc) is 2.26. The van der Waals surface area contributed by atoms with Crippen molar-refractivity contribution in [2.45, 2.75) is 25.9 Å². The monoisotopic (exact) mass is 223 g/mol. The van der Waals surface area contributed by atoms with Crippen LogP contribution in [0.15, 0.2) is 18.2 Å². The maximum absolute atomic E-state index is 10.7. The van der Waals surface area contributed by atoms with Crippen molar-refractivity contribution in [3.63, 3.8) is 0 Å². The van der Waals surface area contributed by atoms with Gasteiger partial charge in [0.1, 0.15) is 0 Å². The van der Waals surface area contributed by atoms with Crippen molar-refractivity contribution in [2.24, 2.45) is 5.73 Å². The molecule has 5 nitrogen and oxygen atoms in total. The Morgan fingerprint density at radius 2 is 2.38 bits per heavy atom. The molecule has 1 amide bonds. The molecule has 0 aliphatic heterocycles. The first-order valence-corrected chi connectivity index (χ1v) is 5.13. The molecule has 5 heteroatoms. The Morgan fingerprint density at radius 1 is 1.62 bits per heavy atom. The van der Waals surface area contributed by atoms with Gasteiger partial charge in [-0.1, -0.05) is 6.07 Å². The number of carbonyl (C=O) groups is 1. The van der Waals surface area contributed by atoms with Crippen LogP contribution in [0.5, 0.6) is 5.88 Å². The molecule has 0 fully saturated rings. The van der Waals surface area contributed by atoms with E-state index in [1.54, 1.807) is 13.2 Å². The Bertz CT molecular complexity index is 355. The van der Waals surface area contributed by atoms with Gasteiger partial charge in [0.2, 0.25) is 11.8 Å². The van der Waals surface area contributed by atoms with Gasteiger partial charge in [-0.2, -0.15) is 0 Å². The van der Waals surface area contributed by atoms with Crippen molar-refractivity contribution in [3.8, 4) is 5.88 Å². The lowest BCUT2D eigenvalue weighted by atomic mass is 10.2. The minimum absolute atomic E-state index is 0.0468. The summed E-state index contributed by atoms with van der Waals surface area (Å²) in [5.74, 6) is 0.278. The molecule has 1 rings (SSSR count). The molecule has 1 heterocycles. The molecule has 0 bridgehead atoms. The topological polar surface area (TPSA) is 77.2 Å². The van der Waals surface area contributed by atoms with Crippen LogP contribution in [0, 0.1) is 0 Å². The van der Waals surface area contributed by atoms with Crippen molar-refractivity contribution in [2.75, 3.05) is 7.11 Å². The van der Waals surface area contributed by atoms with Gasteiger partial charge < -0.3 is 15.8 Å². The molecule has 1 unspecified atom stereocenters. The third kappa shape index (κ3) is 4.27. The zero-order chi connectivity index (χ0) is 12.0. The van der Waals surface area contributed by atoms with Crippen molar-refractivity contribution < 1.29 is 9.53 Å². The number of pyridine rings is 1. The minimum atomic E-state index is -0.307. The predicted molar refractivity (Wildman–Crippen MR) is 60.9 cm³/mol. The number of amides is 1. The van der Waals surface area contributed by atoms with Crippen molar-refractivity contribution in [1.82, 2.24) is 10.3 Å². The second-order valence-corrected chi connectivity index (χ2v) is 3.62. The van der Waals surface area contributed by atoms with Crippen LogP contribution in [0.1, 0.15) is 19.0 Å². The van der Waals surface area contributed by atoms with Crippen molar-refractivity contribution in [3.05, 3.63) is 23.9 Å². The van der Waals surface area contributed by atoms with Crippen LogP contribution >= 0.6 is 0 Å². The Morgan fingerprint density at radius 3 is 3.00 bits per heavy atom. The summed E-state index contributed by atoms with van der Waals surface area (Å²) in [4.78, 5) is 14.9. The summed E-state index contributed by atoms with van der Waals surface area (Å²) in [6.07, 6.45) is 0.323. The van der Waals surface area contributed by atoms with Gasteiger partial charge in [0.15, 0.2) is 0 Å². The third-order valence-electron chi connectivity index (χ3n) is 2.13. The predicted octanol–water partition coefficient (Wildman–Crippen LogP) is 0.444. The fraction of sp³-hybridized carbons (Fsp3) is 0.455. The van der Waals surface area contributed by atoms with Gasteiger partial charge in [0, 0.05) is 25.1 Å². The van der Waals surface area contributed by atoms with Crippen molar-refractivity contribution >= 4 is 5.91 Å². The van der Waals surface area contributed by atoms with Crippen LogP contribution in [0.25, 0.3) is 0 Å². The number of nitrogens with two attached hydrogens (primary N) is 1. The molecule has 0 saturated carbocycles. The number of carbonyl (C=O) groups excluding carboxylic acids is 1. The SMILES string of the molecule is COc1cccc(CNC(C)CC(N)=O)n1. The molecule has 1 aromatic heterocycles. The summed E-state index contributed by atoms with van der Waals surface area (Å²) in [6.45, 7) is 2.50. The van der Waals surface area contributed by atoms with Gasteiger partial charge in [-0.15, -0.1) is 0 Å². The second kappa shape index (κ2) is 6.07. The van der Waals surface area contributed by atoms with E-state index in [9.17, 15) is 4.79 Å². The summed E-state index contributed by atoms with van der Waals surface area (Å²) >= 11 is 0. The highest BCUT2D eigenvalue weighted by molar-refractivity contribution is 5.74. The highest BCUT2D eigenvalue weighted by Crippen LogP contribution is 2.06. The fourth-order valence-corrected chi connectivity index (χ4v) is 1.32. The van der Waals surface area contributed by atoms with E-state index in [0.717, 1.165) is 5.69 Å². The van der Waals surface area contributed by atoms with Gasteiger partial charge in [0.25, 0.3) is 0 Å². The second-order valence-electron chi connectivity index (χ2n) is 3.62. The Labute approximate surface area is 95.0 Å². The van der Waals surface area contributed by atoms with Gasteiger partial charge in [0.05, 0.1) is 12.8 Å². The first kappa shape index (κ1) is 12.4. The summed E-state index contributed by atoms with van der Waals surface area (Å²) in [5.41, 5.74) is 5.96. The quantitative estimate of drug-likeness (QED) is 0.733. The van der Waals surface area contributed by atoms with Crippen LogP contribution in [-0.4, -0.2) is 24.0 Å². The van der Waals surface area contributed by atoms with Gasteiger partial charge in [-0.3, -0.25) is 4.79 Å². The highest BCUT2D eigenvalue weighted by Gasteiger charge is 2.05. The maximum atomic E-state index is 10.7. The lowest BCUT2D eigenvalue weighted by Gasteiger charge is -2.11. The Kier molecular flexibility index (Phi) is 4.72. The minimum Gasteiger partial charge on any atom is -0.481 e. The number of ether oxygens (including phenoxy) is 1. The van der Waals surface area contributed by atoms with Crippen molar-refractivity contribution in [1.29, 1.82) is 0 Å². The number of nitrogens with zero attached hydrogens (tertiary/aromatic N) is 1. The van der Waals surface area contributed by atoms with E-state index in [-0.39, 0.29) is 11.9 Å². The number of hydrogen-bond donors (Lipinski definition) is 2. The van der Waals surface area contributed by atoms with Gasteiger partial charge in [-0.05, 0) is 13.0 Å². The lowest BCUT2D eigenvalue weighted by molar-refractivity contribution is -0.118. The van der Waals surface area contributed by atoms with Crippen LogP contribution in [0.3, 0.4) is 0 Å². The number of rotatable bonds is 6. The molecule has 0 aliphatic carbocycles. The fourth-order valence-electron chi connectivity index (χ4n) is 1.32. The molecule has 88 valence electrons. The summed E-state index contributed by atoms with van der Waals surface area (Å²) < 4.78 is 5.01. The number of nitrogens with one attached hydrogen (secondary N) is 1. The zero-order valence-corrected chi connectivity index (χ0v) is 9.56. The molecule has 0 radical (unpaired) electrons. The van der Waals surface area contributed by atoms with E-state index < -0.39 is 0 Å². The molecule has 16 heavy (non-hydrogen) atoms. The molecular weight excluding hydrogens is 206 g/mol. The van der Waals surface area contributed by atoms with Crippen LogP contribution in [0.2, 0.25) is 0 Å². The van der Waals surface area contributed by atoms with E-state index in [1.165, 1.54) is 0 Å². The average molecular weight is 223 g/mol. The van der Waals surface area contributed by atoms with E-state index in [2.05, 4.69) is 10.3 Å². The van der Waals surface area contributed by atoms with Crippen LogP contribution in [-0.2, 0) is 11.3 Å². The number of aromatic nitrogens is 1. The molecule has 0 saturated heterocycles. The smallest absolute Gasteiger partial charge is 0.218 e. The number of methoxy groups -OCH3 is 1. The molecule has 0 spiro atoms. The van der Waals surface area contributed by atoms with Crippen LogP contribution < -0.4 is 15.8 Å². The summed E-state index contributed by atoms with van der Waals surface area (Å²) in [6, 6.07) is 5.61. The first-order valence-electron chi connectivity index (χ1n) is 5.13. The Balaban J connectivity index is 2.44. The molecule has 0 aromatic carbocycles. The molecule has 1 aromatic rings. The van der Waals surface area contributed by atoms with E-state index in [4.69, 9.17) is 10.5 Å². The molecule has 0 aliphatic rings. The largest absolute Gasteiger partial charge is 0.481 e. The summed E-state index contributed by atoms with van der Waals surface area (Å²) in [5, 5.41) is 3.16. The van der Waals surface area contributed by atoms with Crippen LogP contribution in [0.4, 0.5) is 0 Å². The van der Waals surface area contributed by atoms with Gasteiger partial charge in [-0.25, -0.2) is 4.98 Å². The number of hydrogen-bond acceptors (Lipinski definition) is 4. The molecular formula is C11H17N3O2. The molecule has 3 N–H and O–H groups in total. The summed E-state index contributed by atoms with van der Waals surface area (Å²) in [7, 11) is 1.58. The molecule has 1 atom stereocenters. The zero-order valence-electron chi connectivity index (χ0n) is 9.56. The van der Waals surface area contributed by atoms with E-state index >= 15 is 0 Å². The standard InChI is InChI=1S/C11H17N3O2/c1-8(6-10(12)15)13-7-9-4-3-5-11(14-9)16-2/h3-5,8,13H,6-7H2,1-2H3,(H2,12,15). The Hall–Kier alpha value is -1.62. The maximum Gasteiger partial charge on any atom is 0.218 e. The van der Waals surface area contributed by atoms with Gasteiger partial charge >= 0.3 is 0 Å². The number of primary amides is 1. The third-order valence-corrected chi connectivity index (χ3v) is 2.13. The normalized spacial score (nSPS) is 12.1. The first-order chi connectivity index (χ1) is 7.61.